The second-order valence-corrected chi connectivity index (χ2v) is 7.33. The summed E-state index contributed by atoms with van der Waals surface area (Å²) >= 11 is 0. The molecule has 1 saturated heterocycles. The molecule has 7 heteroatoms. The standard InChI is InChI=1S/C18H23N5O2/c1-18(12-4-5-12)15(24)23(17(25)22-18)14-8-2-11(3-9-14)10-20-16(19)21-13-6-7-13/h2-3,8-9,12-13H,4-7,10H2,1H3,(H,22,25)(H3,19,20,21). The number of nitrogens with one attached hydrogen (secondary N) is 2. The predicted molar refractivity (Wildman–Crippen MR) is 95.1 cm³/mol. The second-order valence-electron chi connectivity index (χ2n) is 7.33. The highest BCUT2D eigenvalue weighted by Crippen LogP contribution is 2.43. The van der Waals surface area contributed by atoms with Gasteiger partial charge >= 0.3 is 6.03 Å². The molecule has 0 aromatic heterocycles. The Morgan fingerprint density at radius 1 is 1.28 bits per heavy atom. The quantitative estimate of drug-likeness (QED) is 0.429. The van der Waals surface area contributed by atoms with E-state index in [1.165, 1.54) is 4.90 Å². The van der Waals surface area contributed by atoms with Gasteiger partial charge in [0, 0.05) is 6.04 Å². The number of hydrogen-bond acceptors (Lipinski definition) is 3. The number of nitrogens with two attached hydrogens (primary N) is 1. The first-order valence-electron chi connectivity index (χ1n) is 8.79. The van der Waals surface area contributed by atoms with E-state index in [1.54, 1.807) is 12.1 Å². The third-order valence-electron chi connectivity index (χ3n) is 5.17. The third-order valence-corrected chi connectivity index (χ3v) is 5.17. The normalized spacial score (nSPS) is 26.8. The summed E-state index contributed by atoms with van der Waals surface area (Å²) in [7, 11) is 0. The molecule has 0 radical (unpaired) electrons. The monoisotopic (exact) mass is 341 g/mol. The summed E-state index contributed by atoms with van der Waals surface area (Å²) in [5, 5.41) is 6.00. The zero-order valence-corrected chi connectivity index (χ0v) is 14.3. The van der Waals surface area contributed by atoms with Crippen molar-refractivity contribution < 1.29 is 9.59 Å². The maximum atomic E-state index is 12.7. The van der Waals surface area contributed by atoms with E-state index < -0.39 is 5.54 Å². The topological polar surface area (TPSA) is 99.8 Å². The van der Waals surface area contributed by atoms with Crippen LogP contribution in [0.4, 0.5) is 10.5 Å². The summed E-state index contributed by atoms with van der Waals surface area (Å²) in [4.78, 5) is 30.6. The lowest BCUT2D eigenvalue weighted by Crippen LogP contribution is -2.46. The minimum Gasteiger partial charge on any atom is -0.370 e. The number of nitrogens with zero attached hydrogens (tertiary/aromatic N) is 2. The molecule has 1 unspecified atom stereocenters. The number of urea groups is 1. The predicted octanol–water partition coefficient (Wildman–Crippen LogP) is 1.48. The number of imide groups is 1. The minimum atomic E-state index is -0.761. The Kier molecular flexibility index (Phi) is 3.67. The van der Waals surface area contributed by atoms with Crippen LogP contribution in [-0.4, -0.2) is 29.5 Å². The van der Waals surface area contributed by atoms with Gasteiger partial charge in [0.2, 0.25) is 0 Å². The van der Waals surface area contributed by atoms with Gasteiger partial charge in [0.25, 0.3) is 5.91 Å². The Bertz CT molecular complexity index is 736. The molecule has 2 saturated carbocycles. The summed E-state index contributed by atoms with van der Waals surface area (Å²) in [5.74, 6) is 0.550. The van der Waals surface area contributed by atoms with Crippen LogP contribution in [0.2, 0.25) is 0 Å². The van der Waals surface area contributed by atoms with Crippen LogP contribution in [0, 0.1) is 5.92 Å². The molecule has 25 heavy (non-hydrogen) atoms. The van der Waals surface area contributed by atoms with Crippen LogP contribution in [-0.2, 0) is 11.3 Å². The molecule has 3 amide bonds. The summed E-state index contributed by atoms with van der Waals surface area (Å²) in [6.45, 7) is 2.29. The van der Waals surface area contributed by atoms with E-state index in [0.717, 1.165) is 31.2 Å². The smallest absolute Gasteiger partial charge is 0.329 e. The summed E-state index contributed by atoms with van der Waals surface area (Å²) in [5.41, 5.74) is 6.62. The van der Waals surface area contributed by atoms with Crippen molar-refractivity contribution in [1.82, 2.24) is 10.6 Å². The lowest BCUT2D eigenvalue weighted by molar-refractivity contribution is -0.122. The highest BCUT2D eigenvalue weighted by Gasteiger charge is 2.56. The largest absolute Gasteiger partial charge is 0.370 e. The molecule has 7 nitrogen and oxygen atoms in total. The van der Waals surface area contributed by atoms with Gasteiger partial charge < -0.3 is 16.4 Å². The van der Waals surface area contributed by atoms with E-state index in [9.17, 15) is 9.59 Å². The van der Waals surface area contributed by atoms with Gasteiger partial charge in [-0.2, -0.15) is 0 Å². The molecule has 1 heterocycles. The Morgan fingerprint density at radius 2 is 1.96 bits per heavy atom. The van der Waals surface area contributed by atoms with E-state index in [1.807, 2.05) is 19.1 Å². The highest BCUT2D eigenvalue weighted by molar-refractivity contribution is 6.23. The van der Waals surface area contributed by atoms with Crippen molar-refractivity contribution in [3.8, 4) is 0 Å². The van der Waals surface area contributed by atoms with Gasteiger partial charge in [-0.15, -0.1) is 0 Å². The fourth-order valence-electron chi connectivity index (χ4n) is 3.24. The van der Waals surface area contributed by atoms with E-state index in [4.69, 9.17) is 5.73 Å². The summed E-state index contributed by atoms with van der Waals surface area (Å²) in [6.07, 6.45) is 4.28. The number of amides is 3. The van der Waals surface area contributed by atoms with Crippen LogP contribution in [0.1, 0.15) is 38.2 Å². The number of rotatable bonds is 5. The van der Waals surface area contributed by atoms with Crippen molar-refractivity contribution in [1.29, 1.82) is 0 Å². The van der Waals surface area contributed by atoms with Gasteiger partial charge in [-0.1, -0.05) is 12.1 Å². The number of guanidine groups is 1. The Labute approximate surface area is 146 Å². The first-order valence-corrected chi connectivity index (χ1v) is 8.79. The molecule has 3 fully saturated rings. The van der Waals surface area contributed by atoms with Gasteiger partial charge in [0.05, 0.1) is 12.2 Å². The fourth-order valence-corrected chi connectivity index (χ4v) is 3.24. The van der Waals surface area contributed by atoms with Crippen molar-refractivity contribution in [2.45, 2.75) is 50.7 Å². The molecule has 132 valence electrons. The first kappa shape index (κ1) is 15.9. The van der Waals surface area contributed by atoms with Crippen molar-refractivity contribution in [3.63, 3.8) is 0 Å². The fraction of sp³-hybridized carbons (Fsp3) is 0.500. The van der Waals surface area contributed by atoms with Crippen LogP contribution >= 0.6 is 0 Å². The number of benzene rings is 1. The molecule has 1 aliphatic heterocycles. The van der Waals surface area contributed by atoms with Gasteiger partial charge in [0.15, 0.2) is 5.96 Å². The second kappa shape index (κ2) is 5.75. The average Bonchev–Trinajstić information content (AvgIpc) is 3.47. The Balaban J connectivity index is 1.44. The molecule has 4 rings (SSSR count). The lowest BCUT2D eigenvalue weighted by Gasteiger charge is -2.21. The number of aliphatic imine (C=N–C) groups is 1. The number of carbonyl (C=O) groups excluding carboxylic acids is 2. The number of carbonyl (C=O) groups is 2. The average molecular weight is 341 g/mol. The zero-order chi connectivity index (χ0) is 17.6. The van der Waals surface area contributed by atoms with Gasteiger partial charge in [0.1, 0.15) is 5.54 Å². The molecule has 4 N–H and O–H groups in total. The molecule has 1 aromatic carbocycles. The molecule has 3 aliphatic rings. The number of hydrogen-bond donors (Lipinski definition) is 3. The van der Waals surface area contributed by atoms with E-state index in [-0.39, 0.29) is 17.9 Å². The molecule has 2 aliphatic carbocycles. The summed E-state index contributed by atoms with van der Waals surface area (Å²) in [6, 6.07) is 7.44. The van der Waals surface area contributed by atoms with Crippen molar-refractivity contribution in [2.24, 2.45) is 16.6 Å². The van der Waals surface area contributed by atoms with E-state index >= 15 is 0 Å². The molecule has 1 atom stereocenters. The maximum Gasteiger partial charge on any atom is 0.329 e. The minimum absolute atomic E-state index is 0.163. The van der Waals surface area contributed by atoms with E-state index in [2.05, 4.69) is 15.6 Å². The third kappa shape index (κ3) is 3.06. The number of anilines is 1. The van der Waals surface area contributed by atoms with Crippen molar-refractivity contribution in [3.05, 3.63) is 29.8 Å². The molecule has 0 spiro atoms. The van der Waals surface area contributed by atoms with Crippen LogP contribution < -0.4 is 21.3 Å². The van der Waals surface area contributed by atoms with Gasteiger partial charge in [-0.05, 0) is 56.2 Å². The summed E-state index contributed by atoms with van der Waals surface area (Å²) < 4.78 is 0. The van der Waals surface area contributed by atoms with Crippen LogP contribution in [0.25, 0.3) is 0 Å². The lowest BCUT2D eigenvalue weighted by atomic mass is 9.96. The highest BCUT2D eigenvalue weighted by atomic mass is 16.2. The molecular formula is C18H23N5O2. The maximum absolute atomic E-state index is 12.7. The Morgan fingerprint density at radius 3 is 2.56 bits per heavy atom. The van der Waals surface area contributed by atoms with Crippen LogP contribution in [0.3, 0.4) is 0 Å². The van der Waals surface area contributed by atoms with Gasteiger partial charge in [-0.25, -0.2) is 14.7 Å². The van der Waals surface area contributed by atoms with Crippen molar-refractivity contribution >= 4 is 23.6 Å². The van der Waals surface area contributed by atoms with Crippen molar-refractivity contribution in [2.75, 3.05) is 4.90 Å². The van der Waals surface area contributed by atoms with E-state index in [0.29, 0.717) is 24.2 Å². The molecule has 0 bridgehead atoms. The van der Waals surface area contributed by atoms with Crippen LogP contribution in [0.5, 0.6) is 0 Å². The SMILES string of the molecule is CC1(C2CC2)NC(=O)N(c2ccc(CN=C(N)NC3CC3)cc2)C1=O. The Hall–Kier alpha value is -2.57. The first-order chi connectivity index (χ1) is 12.0. The van der Waals surface area contributed by atoms with Gasteiger partial charge in [-0.3, -0.25) is 4.79 Å². The molecular weight excluding hydrogens is 318 g/mol. The van der Waals surface area contributed by atoms with Crippen LogP contribution in [0.15, 0.2) is 29.3 Å². The molecule has 1 aromatic rings. The zero-order valence-electron chi connectivity index (χ0n) is 14.3.